The molecule has 0 atom stereocenters. The van der Waals surface area contributed by atoms with Crippen LogP contribution >= 0.6 is 11.3 Å². The first-order valence-electron chi connectivity index (χ1n) is 4.97. The van der Waals surface area contributed by atoms with E-state index in [1.807, 2.05) is 6.07 Å². The lowest BCUT2D eigenvalue weighted by Gasteiger charge is -2.03. The minimum atomic E-state index is -1.03. The molecule has 0 bridgehead atoms. The first-order chi connectivity index (χ1) is 8.69. The third-order valence-electron chi connectivity index (χ3n) is 2.09. The molecule has 0 aromatic carbocycles. The topological polar surface area (TPSA) is 98.9 Å². The highest BCUT2D eigenvalue weighted by Crippen LogP contribution is 2.13. The largest absolute Gasteiger partial charge is 0.476 e. The summed E-state index contributed by atoms with van der Waals surface area (Å²) in [6, 6.07) is 5.29. The van der Waals surface area contributed by atoms with E-state index in [0.717, 1.165) is 5.69 Å². The average Bonchev–Trinajstić information content (AvgIpc) is 2.85. The van der Waals surface area contributed by atoms with Gasteiger partial charge in [0.1, 0.15) is 16.8 Å². The Morgan fingerprint density at radius 2 is 2.44 bits per heavy atom. The van der Waals surface area contributed by atoms with Crippen LogP contribution in [0.1, 0.15) is 21.2 Å². The molecule has 90 valence electrons. The molecule has 2 aromatic heterocycles. The summed E-state index contributed by atoms with van der Waals surface area (Å²) in [7, 11) is 0. The predicted octanol–water partition coefficient (Wildman–Crippen LogP) is 1.72. The van der Waals surface area contributed by atoms with Crippen LogP contribution in [0.5, 0.6) is 0 Å². The van der Waals surface area contributed by atoms with Crippen molar-refractivity contribution >= 4 is 23.0 Å². The zero-order valence-electron chi connectivity index (χ0n) is 9.12. The van der Waals surface area contributed by atoms with Crippen molar-refractivity contribution < 1.29 is 9.90 Å². The van der Waals surface area contributed by atoms with Gasteiger partial charge in [-0.15, -0.1) is 11.3 Å². The summed E-state index contributed by atoms with van der Waals surface area (Å²) in [6.45, 7) is 0.410. The Labute approximate surface area is 107 Å². The molecule has 2 aromatic rings. The first-order valence-corrected chi connectivity index (χ1v) is 5.84. The predicted molar refractivity (Wildman–Crippen MR) is 65.4 cm³/mol. The van der Waals surface area contributed by atoms with Crippen LogP contribution < -0.4 is 5.32 Å². The number of carboxylic acid groups (broad SMARTS) is 1. The van der Waals surface area contributed by atoms with Crippen LogP contribution in [0, 0.1) is 11.3 Å². The van der Waals surface area contributed by atoms with Crippen LogP contribution in [-0.2, 0) is 6.54 Å². The Kier molecular flexibility index (Phi) is 3.50. The van der Waals surface area contributed by atoms with Crippen molar-refractivity contribution in [3.8, 4) is 6.07 Å². The number of thiazole rings is 1. The van der Waals surface area contributed by atoms with Crippen LogP contribution in [0.3, 0.4) is 0 Å². The fraction of sp³-hybridized carbons (Fsp3) is 0.0909. The standard InChI is InChI=1S/C11H8N4O2S/c12-4-8-3-7(1-2-13-8)14-5-10-15-9(6-18-10)11(16)17/h1-3,6H,5H2,(H,13,14)(H,16,17). The van der Waals surface area contributed by atoms with Gasteiger partial charge >= 0.3 is 5.97 Å². The molecule has 0 aliphatic heterocycles. The third-order valence-corrected chi connectivity index (χ3v) is 2.94. The number of anilines is 1. The lowest BCUT2D eigenvalue weighted by molar-refractivity contribution is 0.0691. The average molecular weight is 260 g/mol. The van der Waals surface area contributed by atoms with Gasteiger partial charge in [0.05, 0.1) is 6.54 Å². The molecule has 18 heavy (non-hydrogen) atoms. The van der Waals surface area contributed by atoms with Crippen molar-refractivity contribution in [2.75, 3.05) is 5.32 Å². The van der Waals surface area contributed by atoms with E-state index >= 15 is 0 Å². The monoisotopic (exact) mass is 260 g/mol. The van der Waals surface area contributed by atoms with Gasteiger partial charge in [-0.2, -0.15) is 5.26 Å². The Balaban J connectivity index is 2.02. The van der Waals surface area contributed by atoms with Crippen molar-refractivity contribution in [2.45, 2.75) is 6.54 Å². The first kappa shape index (κ1) is 12.0. The van der Waals surface area contributed by atoms with E-state index in [9.17, 15) is 4.79 Å². The van der Waals surface area contributed by atoms with Gasteiger partial charge in [0.2, 0.25) is 0 Å². The number of aromatic nitrogens is 2. The molecule has 0 radical (unpaired) electrons. The van der Waals surface area contributed by atoms with Crippen LogP contribution in [0.2, 0.25) is 0 Å². The summed E-state index contributed by atoms with van der Waals surface area (Å²) in [5.74, 6) is -1.03. The fourth-order valence-corrected chi connectivity index (χ4v) is 1.98. The van der Waals surface area contributed by atoms with Gasteiger partial charge < -0.3 is 10.4 Å². The van der Waals surface area contributed by atoms with E-state index in [2.05, 4.69) is 15.3 Å². The molecular formula is C11H8N4O2S. The molecule has 0 aliphatic rings. The zero-order valence-corrected chi connectivity index (χ0v) is 9.94. The SMILES string of the molecule is N#Cc1cc(NCc2nc(C(=O)O)cs2)ccn1. The maximum absolute atomic E-state index is 10.7. The molecule has 0 saturated carbocycles. The van der Waals surface area contributed by atoms with Gasteiger partial charge in [0.25, 0.3) is 0 Å². The molecule has 0 unspecified atom stereocenters. The van der Waals surface area contributed by atoms with E-state index in [1.54, 1.807) is 12.1 Å². The quantitative estimate of drug-likeness (QED) is 0.868. The molecule has 2 N–H and O–H groups in total. The maximum Gasteiger partial charge on any atom is 0.355 e. The van der Waals surface area contributed by atoms with Gasteiger partial charge in [-0.1, -0.05) is 0 Å². The molecule has 0 amide bonds. The van der Waals surface area contributed by atoms with Gasteiger partial charge in [0, 0.05) is 17.3 Å². The molecule has 0 saturated heterocycles. The third kappa shape index (κ3) is 2.81. The number of nitrogens with one attached hydrogen (secondary N) is 1. The second-order valence-electron chi connectivity index (χ2n) is 3.33. The number of hydrogen-bond acceptors (Lipinski definition) is 6. The summed E-state index contributed by atoms with van der Waals surface area (Å²) in [6.07, 6.45) is 1.53. The summed E-state index contributed by atoms with van der Waals surface area (Å²) >= 11 is 1.27. The molecule has 0 fully saturated rings. The molecule has 0 aliphatic carbocycles. The number of aromatic carboxylic acids is 1. The van der Waals surface area contributed by atoms with E-state index in [1.165, 1.54) is 22.9 Å². The van der Waals surface area contributed by atoms with Crippen LogP contribution in [0.25, 0.3) is 0 Å². The van der Waals surface area contributed by atoms with Gasteiger partial charge in [-0.25, -0.2) is 14.8 Å². The van der Waals surface area contributed by atoms with Gasteiger partial charge in [-0.3, -0.25) is 0 Å². The Bertz CT molecular complexity index is 618. The second kappa shape index (κ2) is 5.25. The minimum absolute atomic E-state index is 0.0456. The summed E-state index contributed by atoms with van der Waals surface area (Å²) in [5.41, 5.74) is 1.11. The number of hydrogen-bond donors (Lipinski definition) is 2. The Hall–Kier alpha value is -2.46. The maximum atomic E-state index is 10.7. The molecule has 2 rings (SSSR count). The number of rotatable bonds is 4. The zero-order chi connectivity index (χ0) is 13.0. The lowest BCUT2D eigenvalue weighted by Crippen LogP contribution is -2.01. The van der Waals surface area contributed by atoms with E-state index < -0.39 is 5.97 Å². The van der Waals surface area contributed by atoms with Crippen molar-refractivity contribution in [3.63, 3.8) is 0 Å². The normalized spacial score (nSPS) is 9.72. The lowest BCUT2D eigenvalue weighted by atomic mass is 10.3. The summed E-state index contributed by atoms with van der Waals surface area (Å²) in [5, 5.41) is 22.6. The summed E-state index contributed by atoms with van der Waals surface area (Å²) < 4.78 is 0. The molecule has 6 nitrogen and oxygen atoms in total. The number of nitrogens with zero attached hydrogens (tertiary/aromatic N) is 3. The highest BCUT2D eigenvalue weighted by molar-refractivity contribution is 7.09. The van der Waals surface area contributed by atoms with Gasteiger partial charge in [0.15, 0.2) is 5.69 Å². The van der Waals surface area contributed by atoms with Crippen LogP contribution in [0.4, 0.5) is 5.69 Å². The molecule has 0 spiro atoms. The number of pyridine rings is 1. The van der Waals surface area contributed by atoms with Crippen molar-refractivity contribution in [2.24, 2.45) is 0 Å². The highest BCUT2D eigenvalue weighted by atomic mass is 32.1. The highest BCUT2D eigenvalue weighted by Gasteiger charge is 2.08. The van der Waals surface area contributed by atoms with E-state index in [4.69, 9.17) is 10.4 Å². The van der Waals surface area contributed by atoms with Crippen LogP contribution in [-0.4, -0.2) is 21.0 Å². The molecule has 2 heterocycles. The second-order valence-corrected chi connectivity index (χ2v) is 4.27. The Morgan fingerprint density at radius 1 is 1.61 bits per heavy atom. The number of nitriles is 1. The Morgan fingerprint density at radius 3 is 3.11 bits per heavy atom. The smallest absolute Gasteiger partial charge is 0.355 e. The molecular weight excluding hydrogens is 252 g/mol. The van der Waals surface area contributed by atoms with Crippen molar-refractivity contribution in [1.29, 1.82) is 5.26 Å². The fourth-order valence-electron chi connectivity index (χ4n) is 1.27. The van der Waals surface area contributed by atoms with Crippen molar-refractivity contribution in [1.82, 2.24) is 9.97 Å². The molecule has 7 heteroatoms. The minimum Gasteiger partial charge on any atom is -0.476 e. The van der Waals surface area contributed by atoms with E-state index in [-0.39, 0.29) is 5.69 Å². The van der Waals surface area contributed by atoms with Crippen molar-refractivity contribution in [3.05, 3.63) is 40.1 Å². The summed E-state index contributed by atoms with van der Waals surface area (Å²) in [4.78, 5) is 18.4. The van der Waals surface area contributed by atoms with Gasteiger partial charge in [-0.05, 0) is 12.1 Å². The number of carboxylic acids is 1. The van der Waals surface area contributed by atoms with E-state index in [0.29, 0.717) is 17.2 Å². The number of carbonyl (C=O) groups is 1. The van der Waals surface area contributed by atoms with Crippen LogP contribution in [0.15, 0.2) is 23.7 Å².